The van der Waals surface area contributed by atoms with Gasteiger partial charge in [0.05, 0.1) is 34.5 Å². The van der Waals surface area contributed by atoms with Crippen molar-refractivity contribution in [3.8, 4) is 17.0 Å². The quantitative estimate of drug-likeness (QED) is 0.336. The molecule has 0 amide bonds. The van der Waals surface area contributed by atoms with Crippen molar-refractivity contribution in [3.63, 3.8) is 0 Å². The third-order valence-electron chi connectivity index (χ3n) is 4.64. The highest BCUT2D eigenvalue weighted by molar-refractivity contribution is 6.33. The van der Waals surface area contributed by atoms with Gasteiger partial charge in [0.25, 0.3) is 0 Å². The summed E-state index contributed by atoms with van der Waals surface area (Å²) in [6.45, 7) is 0. The Bertz CT molecular complexity index is 1260. The number of benzene rings is 1. The fourth-order valence-electron chi connectivity index (χ4n) is 3.19. The Balaban J connectivity index is 1.65. The summed E-state index contributed by atoms with van der Waals surface area (Å²) in [5, 5.41) is 15.7. The van der Waals surface area contributed by atoms with Crippen LogP contribution in [0.15, 0.2) is 48.9 Å². The molecule has 0 radical (unpaired) electrons. The molecule has 152 valence electrons. The number of nitro benzene ring substituents is 1. The number of ether oxygens (including phenoxy) is 1. The summed E-state index contributed by atoms with van der Waals surface area (Å²) in [6, 6.07) is 7.86. The van der Waals surface area contributed by atoms with Crippen LogP contribution in [0.25, 0.3) is 16.8 Å². The molecule has 0 unspecified atom stereocenters. The maximum atomic E-state index is 13.8. The van der Waals surface area contributed by atoms with Crippen LogP contribution in [0.2, 0.25) is 5.02 Å². The summed E-state index contributed by atoms with van der Waals surface area (Å²) in [6.07, 6.45) is 5.68. The maximum Gasteiger partial charge on any atom is 0.305 e. The minimum atomic E-state index is -0.946. The van der Waals surface area contributed by atoms with E-state index in [-0.39, 0.29) is 5.75 Å². The van der Waals surface area contributed by atoms with E-state index in [1.165, 1.54) is 19.4 Å². The van der Waals surface area contributed by atoms with Crippen molar-refractivity contribution >= 4 is 22.8 Å². The van der Waals surface area contributed by atoms with Crippen molar-refractivity contribution in [1.29, 1.82) is 0 Å². The van der Waals surface area contributed by atoms with E-state index in [0.717, 1.165) is 17.1 Å². The molecule has 0 N–H and O–H groups in total. The SMILES string of the molecule is COc1cc(F)c([N+](=O)[O-])cc1CCc1ncc(Cl)c(-c2cnn3ccccc23)n1. The summed E-state index contributed by atoms with van der Waals surface area (Å²) in [7, 11) is 1.38. The van der Waals surface area contributed by atoms with Crippen molar-refractivity contribution in [2.24, 2.45) is 0 Å². The van der Waals surface area contributed by atoms with Crippen LogP contribution in [0.5, 0.6) is 5.75 Å². The van der Waals surface area contributed by atoms with Gasteiger partial charge >= 0.3 is 5.69 Å². The predicted octanol–water partition coefficient (Wildman–Crippen LogP) is 4.29. The first-order chi connectivity index (χ1) is 14.5. The van der Waals surface area contributed by atoms with E-state index in [1.54, 1.807) is 10.7 Å². The van der Waals surface area contributed by atoms with Crippen LogP contribution in [-0.4, -0.2) is 31.6 Å². The second kappa shape index (κ2) is 8.03. The Kier molecular flexibility index (Phi) is 5.28. The van der Waals surface area contributed by atoms with E-state index >= 15 is 0 Å². The molecule has 1 aromatic carbocycles. The lowest BCUT2D eigenvalue weighted by Crippen LogP contribution is -2.03. The number of rotatable bonds is 6. The van der Waals surface area contributed by atoms with Crippen LogP contribution in [0, 0.1) is 15.9 Å². The number of pyridine rings is 1. The lowest BCUT2D eigenvalue weighted by molar-refractivity contribution is -0.387. The van der Waals surface area contributed by atoms with Gasteiger partial charge in [-0.3, -0.25) is 10.1 Å². The number of hydrogen-bond donors (Lipinski definition) is 0. The number of methoxy groups -OCH3 is 1. The molecular formula is C20H15ClFN5O3. The van der Waals surface area contributed by atoms with Crippen LogP contribution in [-0.2, 0) is 12.8 Å². The molecule has 0 aliphatic carbocycles. The zero-order valence-corrected chi connectivity index (χ0v) is 16.5. The van der Waals surface area contributed by atoms with E-state index in [4.69, 9.17) is 16.3 Å². The van der Waals surface area contributed by atoms with Gasteiger partial charge in [-0.25, -0.2) is 14.5 Å². The van der Waals surface area contributed by atoms with E-state index < -0.39 is 16.4 Å². The summed E-state index contributed by atoms with van der Waals surface area (Å²) < 4.78 is 20.7. The lowest BCUT2D eigenvalue weighted by atomic mass is 10.1. The van der Waals surface area contributed by atoms with Crippen LogP contribution in [0.1, 0.15) is 11.4 Å². The number of nitro groups is 1. The average molecular weight is 428 g/mol. The van der Waals surface area contributed by atoms with Crippen molar-refractivity contribution in [2.45, 2.75) is 12.8 Å². The summed E-state index contributed by atoms with van der Waals surface area (Å²) in [5.74, 6) is -0.229. The van der Waals surface area contributed by atoms with Crippen LogP contribution < -0.4 is 4.74 Å². The number of halogens is 2. The first-order valence-corrected chi connectivity index (χ1v) is 9.30. The Morgan fingerprint density at radius 2 is 2.10 bits per heavy atom. The van der Waals surface area contributed by atoms with Gasteiger partial charge in [0.15, 0.2) is 0 Å². The highest BCUT2D eigenvalue weighted by Gasteiger charge is 2.19. The molecule has 0 fully saturated rings. The zero-order chi connectivity index (χ0) is 21.3. The highest BCUT2D eigenvalue weighted by atomic mass is 35.5. The second-order valence-electron chi connectivity index (χ2n) is 6.44. The standard InChI is InChI=1S/C20H15ClFN5O3/c1-30-18-9-15(22)17(27(28)29)8-12(18)5-6-19-23-11-14(21)20(25-19)13-10-24-26-7-3-2-4-16(13)26/h2-4,7-11H,5-6H2,1H3. The van der Waals surface area contributed by atoms with Crippen LogP contribution in [0.3, 0.4) is 0 Å². The predicted molar refractivity (Wildman–Crippen MR) is 108 cm³/mol. The van der Waals surface area contributed by atoms with Crippen molar-refractivity contribution < 1.29 is 14.1 Å². The average Bonchev–Trinajstić information content (AvgIpc) is 3.17. The Morgan fingerprint density at radius 3 is 2.87 bits per heavy atom. The van der Waals surface area contributed by atoms with E-state index in [9.17, 15) is 14.5 Å². The Hall–Kier alpha value is -3.59. The molecule has 4 aromatic rings. The number of fused-ring (bicyclic) bond motifs is 1. The molecule has 0 aliphatic heterocycles. The number of aryl methyl sites for hydroxylation is 2. The third kappa shape index (κ3) is 3.67. The Labute approximate surface area is 175 Å². The minimum Gasteiger partial charge on any atom is -0.496 e. The number of hydrogen-bond acceptors (Lipinski definition) is 6. The fourth-order valence-corrected chi connectivity index (χ4v) is 3.38. The number of aromatic nitrogens is 4. The van der Waals surface area contributed by atoms with Gasteiger partial charge < -0.3 is 4.74 Å². The van der Waals surface area contributed by atoms with E-state index in [1.807, 2.05) is 24.4 Å². The molecule has 0 saturated carbocycles. The fraction of sp³-hybridized carbons (Fsp3) is 0.150. The van der Waals surface area contributed by atoms with Crippen molar-refractivity contribution in [3.05, 3.63) is 81.3 Å². The molecule has 10 heteroatoms. The van der Waals surface area contributed by atoms with Gasteiger partial charge in [-0.1, -0.05) is 17.7 Å². The number of nitrogens with zero attached hydrogens (tertiary/aromatic N) is 5. The monoisotopic (exact) mass is 427 g/mol. The first kappa shape index (κ1) is 19.7. The highest BCUT2D eigenvalue weighted by Crippen LogP contribution is 2.30. The molecular weight excluding hydrogens is 413 g/mol. The largest absolute Gasteiger partial charge is 0.496 e. The Morgan fingerprint density at radius 1 is 1.27 bits per heavy atom. The van der Waals surface area contributed by atoms with Gasteiger partial charge in [-0.05, 0) is 18.6 Å². The van der Waals surface area contributed by atoms with Gasteiger partial charge in [-0.2, -0.15) is 9.49 Å². The second-order valence-corrected chi connectivity index (χ2v) is 6.85. The minimum absolute atomic E-state index is 0.231. The zero-order valence-electron chi connectivity index (χ0n) is 15.7. The van der Waals surface area contributed by atoms with Gasteiger partial charge in [-0.15, -0.1) is 0 Å². The summed E-state index contributed by atoms with van der Waals surface area (Å²) >= 11 is 6.33. The molecule has 4 rings (SSSR count). The summed E-state index contributed by atoms with van der Waals surface area (Å²) in [5.41, 5.74) is 2.04. The third-order valence-corrected chi connectivity index (χ3v) is 4.92. The van der Waals surface area contributed by atoms with Crippen molar-refractivity contribution in [2.75, 3.05) is 7.11 Å². The van der Waals surface area contributed by atoms with E-state index in [2.05, 4.69) is 15.1 Å². The topological polar surface area (TPSA) is 95.5 Å². The molecule has 8 nitrogen and oxygen atoms in total. The van der Waals surface area contributed by atoms with Gasteiger partial charge in [0.1, 0.15) is 11.6 Å². The normalized spacial score (nSPS) is 11.0. The molecule has 3 aromatic heterocycles. The van der Waals surface area contributed by atoms with Crippen LogP contribution in [0.4, 0.5) is 10.1 Å². The lowest BCUT2D eigenvalue weighted by Gasteiger charge is -2.09. The van der Waals surface area contributed by atoms with E-state index in [0.29, 0.717) is 34.9 Å². The maximum absolute atomic E-state index is 13.8. The smallest absolute Gasteiger partial charge is 0.305 e. The molecule has 0 bridgehead atoms. The molecule has 0 atom stereocenters. The summed E-state index contributed by atoms with van der Waals surface area (Å²) in [4.78, 5) is 19.1. The molecule has 0 spiro atoms. The van der Waals surface area contributed by atoms with Gasteiger partial charge in [0.2, 0.25) is 5.82 Å². The van der Waals surface area contributed by atoms with Gasteiger partial charge in [0, 0.05) is 42.1 Å². The molecule has 0 aliphatic rings. The first-order valence-electron chi connectivity index (χ1n) is 8.93. The molecule has 0 saturated heterocycles. The van der Waals surface area contributed by atoms with Crippen molar-refractivity contribution in [1.82, 2.24) is 19.6 Å². The molecule has 3 heterocycles. The van der Waals surface area contributed by atoms with Crippen LogP contribution >= 0.6 is 11.6 Å². The molecule has 30 heavy (non-hydrogen) atoms.